The Hall–Kier alpha value is -3.07. The van der Waals surface area contributed by atoms with Crippen molar-refractivity contribution in [3.05, 3.63) is 73.5 Å². The minimum atomic E-state index is -0.367. The first-order valence-electron chi connectivity index (χ1n) is 8.82. The molecule has 0 saturated carbocycles. The van der Waals surface area contributed by atoms with E-state index in [1.54, 1.807) is 27.9 Å². The molecule has 0 atom stereocenters. The quantitative estimate of drug-likeness (QED) is 0.537. The average Bonchev–Trinajstić information content (AvgIpc) is 3.23. The molecule has 1 aromatic carbocycles. The number of tetrazole rings is 1. The Kier molecular flexibility index (Phi) is 3.75. The third-order valence-electron chi connectivity index (χ3n) is 4.77. The summed E-state index contributed by atoms with van der Waals surface area (Å²) in [6, 6.07) is 10.6. The molecule has 27 heavy (non-hydrogen) atoms. The summed E-state index contributed by atoms with van der Waals surface area (Å²) < 4.78 is 4.17. The van der Waals surface area contributed by atoms with E-state index in [2.05, 4.69) is 15.4 Å². The largest absolute Gasteiger partial charge is 0.368 e. The normalized spacial score (nSPS) is 13.8. The van der Waals surface area contributed by atoms with E-state index >= 15 is 0 Å². The highest BCUT2D eigenvalue weighted by molar-refractivity contribution is 7.17. The third kappa shape index (κ3) is 2.71. The summed E-state index contributed by atoms with van der Waals surface area (Å²) in [7, 11) is 0. The van der Waals surface area contributed by atoms with Crippen LogP contribution in [0.25, 0.3) is 10.6 Å². The van der Waals surface area contributed by atoms with Crippen LogP contribution >= 0.6 is 11.3 Å². The summed E-state index contributed by atoms with van der Waals surface area (Å²) in [4.78, 5) is 31.7. The number of hydrogen-bond donors (Lipinski definition) is 0. The van der Waals surface area contributed by atoms with Gasteiger partial charge in [0.05, 0.1) is 17.9 Å². The number of para-hydroxylation sites is 1. The monoisotopic (exact) mass is 380 g/mol. The fourth-order valence-electron chi connectivity index (χ4n) is 3.48. The van der Waals surface area contributed by atoms with Gasteiger partial charge in [-0.1, -0.05) is 18.2 Å². The first-order valence-corrected chi connectivity index (χ1v) is 9.64. The van der Waals surface area contributed by atoms with Crippen LogP contribution in [-0.2, 0) is 19.4 Å². The van der Waals surface area contributed by atoms with Gasteiger partial charge >= 0.3 is 5.69 Å². The number of benzene rings is 1. The number of thiazole rings is 1. The Bertz CT molecular complexity index is 1250. The van der Waals surface area contributed by atoms with Gasteiger partial charge in [-0.3, -0.25) is 9.20 Å². The molecule has 5 rings (SSSR count). The molecular weight excluding hydrogens is 364 g/mol. The second-order valence-electron chi connectivity index (χ2n) is 6.55. The smallest absolute Gasteiger partial charge is 0.269 e. The number of hydrogen-bond acceptors (Lipinski definition) is 6. The molecule has 0 spiro atoms. The van der Waals surface area contributed by atoms with Crippen molar-refractivity contribution in [2.24, 2.45) is 0 Å². The van der Waals surface area contributed by atoms with E-state index < -0.39 is 0 Å². The number of aromatic nitrogens is 6. The first kappa shape index (κ1) is 16.1. The van der Waals surface area contributed by atoms with Gasteiger partial charge in [-0.2, -0.15) is 9.36 Å². The molecule has 8 nitrogen and oxygen atoms in total. The van der Waals surface area contributed by atoms with Gasteiger partial charge in [0, 0.05) is 16.6 Å². The van der Waals surface area contributed by atoms with E-state index in [9.17, 15) is 9.59 Å². The van der Waals surface area contributed by atoms with Crippen LogP contribution in [0, 0.1) is 0 Å². The Morgan fingerprint density at radius 2 is 1.85 bits per heavy atom. The van der Waals surface area contributed by atoms with Crippen LogP contribution in [0.2, 0.25) is 0 Å². The summed E-state index contributed by atoms with van der Waals surface area (Å²) >= 11 is 1.57. The Morgan fingerprint density at radius 1 is 1.04 bits per heavy atom. The van der Waals surface area contributed by atoms with Gasteiger partial charge in [0.15, 0.2) is 4.96 Å². The molecule has 3 heterocycles. The van der Waals surface area contributed by atoms with E-state index in [-0.39, 0.29) is 17.8 Å². The van der Waals surface area contributed by atoms with Crippen LogP contribution in [0.5, 0.6) is 0 Å². The first-order chi connectivity index (χ1) is 13.2. The van der Waals surface area contributed by atoms with Crippen LogP contribution in [-0.4, -0.2) is 29.2 Å². The zero-order valence-electron chi connectivity index (χ0n) is 14.4. The molecule has 0 radical (unpaired) electrons. The SMILES string of the molecule is O=c1n(Cc2cc(=O)n3c4c(sc3n2)CCCC4)nnn1-c1ccccc1. The molecule has 4 aromatic rings. The van der Waals surface area contributed by atoms with Crippen LogP contribution in [0.15, 0.2) is 46.0 Å². The highest BCUT2D eigenvalue weighted by atomic mass is 32.1. The zero-order valence-corrected chi connectivity index (χ0v) is 15.2. The Morgan fingerprint density at radius 3 is 2.70 bits per heavy atom. The molecule has 0 fully saturated rings. The Balaban J connectivity index is 1.53. The van der Waals surface area contributed by atoms with Crippen LogP contribution in [0.3, 0.4) is 0 Å². The minimum absolute atomic E-state index is 0.0992. The molecule has 0 bridgehead atoms. The van der Waals surface area contributed by atoms with Crippen molar-refractivity contribution in [3.8, 4) is 5.69 Å². The summed E-state index contributed by atoms with van der Waals surface area (Å²) in [5.41, 5.74) is 1.79. The highest BCUT2D eigenvalue weighted by Crippen LogP contribution is 2.28. The number of fused-ring (bicyclic) bond motifs is 3. The summed E-state index contributed by atoms with van der Waals surface area (Å²) in [5, 5.41) is 7.86. The molecule has 3 aromatic heterocycles. The predicted octanol–water partition coefficient (Wildman–Crippen LogP) is 1.43. The topological polar surface area (TPSA) is 87.1 Å². The van der Waals surface area contributed by atoms with Crippen molar-refractivity contribution in [1.82, 2.24) is 29.2 Å². The molecule has 136 valence electrons. The standard InChI is InChI=1S/C18H16N6O2S/c25-16-10-12(19-17-23(16)14-8-4-5-9-15(14)27-17)11-22-18(26)24(21-20-22)13-6-2-1-3-7-13/h1-3,6-7,10H,4-5,8-9,11H2. The lowest BCUT2D eigenvalue weighted by Gasteiger charge is -2.10. The maximum absolute atomic E-state index is 12.6. The average molecular weight is 380 g/mol. The van der Waals surface area contributed by atoms with Crippen molar-refractivity contribution in [2.75, 3.05) is 0 Å². The molecule has 1 aliphatic rings. The van der Waals surface area contributed by atoms with Gasteiger partial charge in [-0.15, -0.1) is 11.3 Å². The number of nitrogens with zero attached hydrogens (tertiary/aromatic N) is 6. The fourth-order valence-corrected chi connectivity index (χ4v) is 4.71. The molecule has 0 N–H and O–H groups in total. The van der Waals surface area contributed by atoms with Crippen LogP contribution < -0.4 is 11.2 Å². The summed E-state index contributed by atoms with van der Waals surface area (Å²) in [6.07, 6.45) is 4.18. The molecule has 0 amide bonds. The van der Waals surface area contributed by atoms with E-state index in [0.29, 0.717) is 16.3 Å². The molecule has 0 saturated heterocycles. The number of rotatable bonds is 3. The van der Waals surface area contributed by atoms with Gasteiger partial charge in [-0.05, 0) is 48.2 Å². The van der Waals surface area contributed by atoms with E-state index in [1.807, 2.05) is 18.2 Å². The third-order valence-corrected chi connectivity index (χ3v) is 5.91. The lowest BCUT2D eigenvalue weighted by atomic mass is 10.0. The molecule has 1 aliphatic carbocycles. The predicted molar refractivity (Wildman–Crippen MR) is 101 cm³/mol. The fraction of sp³-hybridized carbons (Fsp3) is 0.278. The molecular formula is C18H16N6O2S. The Labute approximate surface area is 157 Å². The van der Waals surface area contributed by atoms with Gasteiger partial charge in [-0.25, -0.2) is 9.78 Å². The van der Waals surface area contributed by atoms with Crippen LogP contribution in [0.1, 0.15) is 29.1 Å². The summed E-state index contributed by atoms with van der Waals surface area (Å²) in [6.45, 7) is 0.111. The lowest BCUT2D eigenvalue weighted by molar-refractivity contribution is 0.619. The maximum Gasteiger partial charge on any atom is 0.368 e. The van der Waals surface area contributed by atoms with Crippen molar-refractivity contribution >= 4 is 16.3 Å². The maximum atomic E-state index is 12.6. The van der Waals surface area contributed by atoms with E-state index in [0.717, 1.165) is 31.4 Å². The van der Waals surface area contributed by atoms with Crippen molar-refractivity contribution < 1.29 is 0 Å². The van der Waals surface area contributed by atoms with Crippen molar-refractivity contribution in [1.29, 1.82) is 0 Å². The van der Waals surface area contributed by atoms with Crippen LogP contribution in [0.4, 0.5) is 0 Å². The second-order valence-corrected chi connectivity index (χ2v) is 7.61. The van der Waals surface area contributed by atoms with Gasteiger partial charge in [0.2, 0.25) is 0 Å². The molecule has 0 aliphatic heterocycles. The summed E-state index contributed by atoms with van der Waals surface area (Å²) in [5.74, 6) is 0. The van der Waals surface area contributed by atoms with Crippen molar-refractivity contribution in [2.45, 2.75) is 32.2 Å². The van der Waals surface area contributed by atoms with E-state index in [4.69, 9.17) is 0 Å². The second kappa shape index (κ2) is 6.27. The lowest BCUT2D eigenvalue weighted by Crippen LogP contribution is -2.26. The van der Waals surface area contributed by atoms with Gasteiger partial charge in [0.1, 0.15) is 0 Å². The van der Waals surface area contributed by atoms with Gasteiger partial charge in [0.25, 0.3) is 5.56 Å². The zero-order chi connectivity index (χ0) is 18.4. The van der Waals surface area contributed by atoms with E-state index in [1.165, 1.54) is 20.3 Å². The van der Waals surface area contributed by atoms with Gasteiger partial charge < -0.3 is 0 Å². The van der Waals surface area contributed by atoms with Crippen molar-refractivity contribution in [3.63, 3.8) is 0 Å². The highest BCUT2D eigenvalue weighted by Gasteiger charge is 2.19. The number of aryl methyl sites for hydroxylation is 2. The molecule has 0 unspecified atom stereocenters. The molecule has 9 heteroatoms. The minimum Gasteiger partial charge on any atom is -0.269 e.